The van der Waals surface area contributed by atoms with Crippen molar-refractivity contribution in [3.8, 4) is 0 Å². The minimum Gasteiger partial charge on any atom is -0.462 e. The Kier molecular flexibility index (Phi) is 6.76. The summed E-state index contributed by atoms with van der Waals surface area (Å²) in [7, 11) is 0. The van der Waals surface area contributed by atoms with Gasteiger partial charge in [-0.15, -0.1) is 0 Å². The van der Waals surface area contributed by atoms with Crippen LogP contribution in [0.5, 0.6) is 0 Å². The number of hydrogen-bond donors (Lipinski definition) is 0. The second-order valence-electron chi connectivity index (χ2n) is 10.8. The summed E-state index contributed by atoms with van der Waals surface area (Å²) in [4.78, 5) is 37.6. The molecule has 33 heavy (non-hydrogen) atoms. The van der Waals surface area contributed by atoms with Gasteiger partial charge in [-0.1, -0.05) is 27.4 Å². The summed E-state index contributed by atoms with van der Waals surface area (Å²) in [6.45, 7) is 14.1. The number of carbonyl (C=O) groups is 3. The average molecular weight is 463 g/mol. The molecule has 0 aromatic heterocycles. The number of esters is 2. The van der Waals surface area contributed by atoms with Crippen LogP contribution in [0.25, 0.3) is 0 Å². The molecule has 7 heteroatoms. The van der Waals surface area contributed by atoms with Crippen LogP contribution < -0.4 is 0 Å². The molecule has 2 bridgehead atoms. The van der Waals surface area contributed by atoms with Crippen LogP contribution in [0.2, 0.25) is 0 Å². The first-order valence-corrected chi connectivity index (χ1v) is 12.4. The molecule has 4 rings (SSSR count). The van der Waals surface area contributed by atoms with Crippen LogP contribution in [-0.2, 0) is 33.3 Å². The molecule has 0 aromatic carbocycles. The molecule has 184 valence electrons. The predicted octanol–water partition coefficient (Wildman–Crippen LogP) is 3.63. The smallest absolute Gasteiger partial charge is 0.306 e. The van der Waals surface area contributed by atoms with Crippen molar-refractivity contribution in [3.05, 3.63) is 12.2 Å². The van der Waals surface area contributed by atoms with E-state index in [1.54, 1.807) is 0 Å². The van der Waals surface area contributed by atoms with Crippen molar-refractivity contribution in [1.29, 1.82) is 0 Å². The van der Waals surface area contributed by atoms with Gasteiger partial charge in [0.2, 0.25) is 0 Å². The molecule has 7 nitrogen and oxygen atoms in total. The summed E-state index contributed by atoms with van der Waals surface area (Å²) in [6, 6.07) is 0. The minimum absolute atomic E-state index is 0.0310. The molecule has 1 saturated carbocycles. The van der Waals surface area contributed by atoms with E-state index >= 15 is 0 Å². The molecule has 0 aromatic rings. The first-order chi connectivity index (χ1) is 15.6. The fourth-order valence-electron chi connectivity index (χ4n) is 6.81. The summed E-state index contributed by atoms with van der Waals surface area (Å²) in [6.07, 6.45) is 0.718. The van der Waals surface area contributed by atoms with Gasteiger partial charge >= 0.3 is 11.9 Å². The zero-order chi connectivity index (χ0) is 24.1. The van der Waals surface area contributed by atoms with Gasteiger partial charge in [0.15, 0.2) is 5.78 Å². The Labute approximate surface area is 196 Å². The van der Waals surface area contributed by atoms with E-state index in [-0.39, 0.29) is 60.2 Å². The molecule has 4 fully saturated rings. The molecular weight excluding hydrogens is 424 g/mol. The third-order valence-electron chi connectivity index (χ3n) is 8.46. The van der Waals surface area contributed by atoms with Crippen LogP contribution in [0, 0.1) is 29.6 Å². The molecule has 10 atom stereocenters. The highest BCUT2D eigenvalue weighted by molar-refractivity contribution is 5.95. The topological polar surface area (TPSA) is 88.1 Å². The summed E-state index contributed by atoms with van der Waals surface area (Å²) in [5.41, 5.74) is -0.521. The maximum atomic E-state index is 13.0. The molecule has 3 saturated heterocycles. The number of carbonyl (C=O) groups excluding carboxylic acids is 3. The molecule has 0 amide bonds. The van der Waals surface area contributed by atoms with Gasteiger partial charge in [0.1, 0.15) is 17.8 Å². The zero-order valence-electron chi connectivity index (χ0n) is 20.5. The molecule has 4 aliphatic rings. The molecule has 3 heterocycles. The predicted molar refractivity (Wildman–Crippen MR) is 120 cm³/mol. The van der Waals surface area contributed by atoms with Gasteiger partial charge in [0, 0.05) is 31.6 Å². The Morgan fingerprint density at radius 3 is 2.55 bits per heavy atom. The van der Waals surface area contributed by atoms with Crippen LogP contribution in [0.4, 0.5) is 0 Å². The Hall–Kier alpha value is -1.73. The summed E-state index contributed by atoms with van der Waals surface area (Å²) < 4.78 is 25.0. The second kappa shape index (κ2) is 9.14. The van der Waals surface area contributed by atoms with Crippen molar-refractivity contribution in [2.75, 3.05) is 6.61 Å². The number of ketones is 1. The number of hydrogen-bond acceptors (Lipinski definition) is 7. The highest BCUT2D eigenvalue weighted by Crippen LogP contribution is 2.57. The highest BCUT2D eigenvalue weighted by atomic mass is 16.6. The Morgan fingerprint density at radius 1 is 1.15 bits per heavy atom. The molecule has 3 aliphatic heterocycles. The van der Waals surface area contributed by atoms with E-state index in [0.29, 0.717) is 30.9 Å². The van der Waals surface area contributed by atoms with E-state index in [1.165, 1.54) is 6.92 Å². The summed E-state index contributed by atoms with van der Waals surface area (Å²) in [5.74, 6) is -0.0100. The fraction of sp³-hybridized carbons (Fsp3) is 0.808. The third kappa shape index (κ3) is 4.27. The van der Waals surface area contributed by atoms with E-state index in [0.717, 1.165) is 12.8 Å². The SMILES string of the molecule is C=C1C[C@H]2O[C@H]3[C@H]4[C@@H](C[C@@H](C)[C@@H](OC(=O)CCC)[C@H]42)[C@@H](C)CO[C@@]3(C)[C@H](OC(C)=O)CC1=O. The lowest BCUT2D eigenvalue weighted by Crippen LogP contribution is -2.57. The monoisotopic (exact) mass is 462 g/mol. The Morgan fingerprint density at radius 2 is 1.88 bits per heavy atom. The van der Waals surface area contributed by atoms with Crippen molar-refractivity contribution in [2.45, 2.75) is 96.7 Å². The molecule has 0 N–H and O–H groups in total. The molecule has 1 aliphatic carbocycles. The molecule has 0 unspecified atom stereocenters. The van der Waals surface area contributed by atoms with Crippen LogP contribution in [0.15, 0.2) is 12.2 Å². The van der Waals surface area contributed by atoms with Crippen molar-refractivity contribution in [3.63, 3.8) is 0 Å². The van der Waals surface area contributed by atoms with E-state index < -0.39 is 17.7 Å². The van der Waals surface area contributed by atoms with Gasteiger partial charge in [0.05, 0.1) is 25.2 Å². The third-order valence-corrected chi connectivity index (χ3v) is 8.46. The highest BCUT2D eigenvalue weighted by Gasteiger charge is 2.65. The van der Waals surface area contributed by atoms with E-state index in [2.05, 4.69) is 20.4 Å². The quantitative estimate of drug-likeness (QED) is 0.466. The van der Waals surface area contributed by atoms with Gasteiger partial charge in [-0.25, -0.2) is 0 Å². The van der Waals surface area contributed by atoms with Crippen molar-refractivity contribution in [2.24, 2.45) is 29.6 Å². The van der Waals surface area contributed by atoms with Gasteiger partial charge in [-0.05, 0) is 43.1 Å². The van der Waals surface area contributed by atoms with Crippen LogP contribution in [0.3, 0.4) is 0 Å². The number of Topliss-reactive ketones (excluding diaryl/α,β-unsaturated/α-hetero) is 1. The van der Waals surface area contributed by atoms with Crippen molar-refractivity contribution >= 4 is 17.7 Å². The average Bonchev–Trinajstić information content (AvgIpc) is 3.08. The summed E-state index contributed by atoms with van der Waals surface area (Å²) >= 11 is 0. The minimum atomic E-state index is -0.981. The van der Waals surface area contributed by atoms with Crippen molar-refractivity contribution in [1.82, 2.24) is 0 Å². The Bertz CT molecular complexity index is 821. The normalized spacial score (nSPS) is 44.8. The lowest BCUT2D eigenvalue weighted by atomic mass is 9.59. The van der Waals surface area contributed by atoms with Crippen molar-refractivity contribution < 1.29 is 33.3 Å². The number of rotatable bonds is 4. The number of fused-ring (bicyclic) bond motifs is 2. The van der Waals surface area contributed by atoms with Crippen LogP contribution in [0.1, 0.15) is 66.7 Å². The fourth-order valence-corrected chi connectivity index (χ4v) is 6.81. The standard InChI is InChI=1S/C26H38O7/c1-7-8-21(29)33-24-14(3)9-17-15(4)12-30-26(6)20(31-16(5)27)11-18(28)13(2)10-19-23(24)22(17)25(26)32-19/h14-15,17,19-20,22-25H,2,7-12H2,1,3-6H3/t14-,15+,17+,19-,20-,22+,23+,24-,25+,26+/m1/s1. The van der Waals surface area contributed by atoms with Gasteiger partial charge in [-0.3, -0.25) is 14.4 Å². The lowest BCUT2D eigenvalue weighted by Gasteiger charge is -2.47. The maximum absolute atomic E-state index is 13.0. The van der Waals surface area contributed by atoms with Gasteiger partial charge in [-0.2, -0.15) is 0 Å². The second-order valence-corrected chi connectivity index (χ2v) is 10.8. The molecule has 0 radical (unpaired) electrons. The largest absolute Gasteiger partial charge is 0.462 e. The van der Waals surface area contributed by atoms with Gasteiger partial charge in [0.25, 0.3) is 0 Å². The first kappa shape index (κ1) is 24.4. The zero-order valence-corrected chi connectivity index (χ0v) is 20.5. The number of ether oxygens (including phenoxy) is 4. The van der Waals surface area contributed by atoms with Crippen LogP contribution >= 0.6 is 0 Å². The summed E-state index contributed by atoms with van der Waals surface area (Å²) in [5, 5.41) is 0. The molecular formula is C26H38O7. The first-order valence-electron chi connectivity index (χ1n) is 12.4. The molecule has 0 spiro atoms. The van der Waals surface area contributed by atoms with Gasteiger partial charge < -0.3 is 18.9 Å². The van der Waals surface area contributed by atoms with E-state index in [4.69, 9.17) is 18.9 Å². The Balaban J connectivity index is 1.80. The van der Waals surface area contributed by atoms with E-state index in [9.17, 15) is 14.4 Å². The lowest BCUT2D eigenvalue weighted by molar-refractivity contribution is -0.201. The van der Waals surface area contributed by atoms with Crippen LogP contribution in [-0.4, -0.2) is 54.3 Å². The maximum Gasteiger partial charge on any atom is 0.306 e. The van der Waals surface area contributed by atoms with E-state index in [1.807, 2.05) is 13.8 Å².